The normalized spacial score (nSPS) is 10.8. The first-order valence-electron chi connectivity index (χ1n) is 16.9. The van der Waals surface area contributed by atoms with Crippen molar-refractivity contribution in [3.8, 4) is 73.6 Å². The zero-order valence-corrected chi connectivity index (χ0v) is 28.2. The molecule has 0 fully saturated rings. The summed E-state index contributed by atoms with van der Waals surface area (Å²) in [7, 11) is 0. The van der Waals surface area contributed by atoms with E-state index in [1.54, 1.807) is 12.2 Å². The summed E-state index contributed by atoms with van der Waals surface area (Å²) in [5.41, 5.74) is 11.8. The van der Waals surface area contributed by atoms with Gasteiger partial charge in [0.25, 0.3) is 0 Å². The van der Waals surface area contributed by atoms with Gasteiger partial charge in [-0.25, -0.2) is 19.9 Å². The van der Waals surface area contributed by atoms with Crippen LogP contribution < -0.4 is 0 Å². The Hall–Kier alpha value is -7.29. The van der Waals surface area contributed by atoms with Crippen molar-refractivity contribution in [2.75, 3.05) is 0 Å². The fourth-order valence-corrected chi connectivity index (χ4v) is 6.52. The molecule has 2 aromatic heterocycles. The predicted octanol–water partition coefficient (Wildman–Crippen LogP) is 11.6. The lowest BCUT2D eigenvalue weighted by molar-refractivity contribution is 1.17. The van der Waals surface area contributed by atoms with E-state index >= 15 is 0 Å². The Bertz CT molecular complexity index is 2600. The molecule has 0 saturated heterocycles. The molecule has 0 bridgehead atoms. The Kier molecular flexibility index (Phi) is 8.55. The predicted molar refractivity (Wildman–Crippen MR) is 213 cm³/mol. The number of benzene rings is 6. The molecule has 5 heteroatoms. The quantitative estimate of drug-likeness (QED) is 0.161. The van der Waals surface area contributed by atoms with Gasteiger partial charge in [-0.3, -0.25) is 0 Å². The molecule has 6 aromatic carbocycles. The topological polar surface area (TPSA) is 75.3 Å². The van der Waals surface area contributed by atoms with Crippen LogP contribution in [0.25, 0.3) is 90.5 Å². The van der Waals surface area contributed by atoms with Gasteiger partial charge in [-0.2, -0.15) is 5.26 Å². The Morgan fingerprint density at radius 2 is 0.962 bits per heavy atom. The molecule has 2 heterocycles. The molecule has 0 aliphatic rings. The second kappa shape index (κ2) is 13.9. The lowest BCUT2D eigenvalue weighted by atomic mass is 9.94. The minimum atomic E-state index is 0.620. The highest BCUT2D eigenvalue weighted by Gasteiger charge is 2.20. The van der Waals surface area contributed by atoms with Gasteiger partial charge >= 0.3 is 0 Å². The first-order chi connectivity index (χ1) is 25.6. The standard InChI is InChI=1S/C47H31N5/c1-3-41-42(4-2)50-46(45(49-41)35-24-22-32(23-25-35)36-19-13-14-31(28-36)30-48)39-26-27-40(38-21-12-11-20-37(38)39)47-51-43(33-15-7-5-8-16-33)29-44(52-47)34-17-9-6-10-18-34/h3-29H,1-2H2. The second-order valence-corrected chi connectivity index (χ2v) is 12.3. The van der Waals surface area contributed by atoms with Crippen LogP contribution in [0.3, 0.4) is 0 Å². The second-order valence-electron chi connectivity index (χ2n) is 12.3. The molecule has 0 spiro atoms. The molecule has 0 unspecified atom stereocenters. The fourth-order valence-electron chi connectivity index (χ4n) is 6.52. The molecule has 5 nitrogen and oxygen atoms in total. The largest absolute Gasteiger partial charge is 0.244 e. The number of fused-ring (bicyclic) bond motifs is 1. The van der Waals surface area contributed by atoms with Crippen molar-refractivity contribution < 1.29 is 0 Å². The Labute approximate surface area is 302 Å². The van der Waals surface area contributed by atoms with Crippen LogP contribution in [0.4, 0.5) is 0 Å². The molecule has 52 heavy (non-hydrogen) atoms. The van der Waals surface area contributed by atoms with Gasteiger partial charge in [0.15, 0.2) is 5.82 Å². The van der Waals surface area contributed by atoms with Crippen molar-refractivity contribution in [2.45, 2.75) is 0 Å². The molecule has 8 aromatic rings. The summed E-state index contributed by atoms with van der Waals surface area (Å²) in [4.78, 5) is 20.5. The van der Waals surface area contributed by atoms with Gasteiger partial charge in [-0.15, -0.1) is 0 Å². The van der Waals surface area contributed by atoms with Crippen molar-refractivity contribution >= 4 is 22.9 Å². The summed E-state index contributed by atoms with van der Waals surface area (Å²) in [6.45, 7) is 8.04. The van der Waals surface area contributed by atoms with Crippen LogP contribution >= 0.6 is 0 Å². The Morgan fingerprint density at radius 1 is 0.442 bits per heavy atom. The monoisotopic (exact) mass is 665 g/mol. The third kappa shape index (κ3) is 6.06. The highest BCUT2D eigenvalue weighted by molar-refractivity contribution is 6.05. The lowest BCUT2D eigenvalue weighted by Gasteiger charge is -2.16. The summed E-state index contributed by atoms with van der Waals surface area (Å²) in [6.07, 6.45) is 3.43. The molecule has 0 N–H and O–H groups in total. The molecule has 0 atom stereocenters. The first kappa shape index (κ1) is 31.9. The molecule has 0 radical (unpaired) electrons. The SMILES string of the molecule is C=Cc1nc(-c2ccc(-c3cccc(C#N)c3)cc2)c(-c2ccc(-c3nc(-c4ccccc4)cc(-c4ccccc4)n3)c3ccccc23)nc1C=C. The summed E-state index contributed by atoms with van der Waals surface area (Å²) in [5.74, 6) is 0.638. The van der Waals surface area contributed by atoms with Crippen LogP contribution in [-0.4, -0.2) is 19.9 Å². The summed E-state index contributed by atoms with van der Waals surface area (Å²) in [6, 6.07) is 53.0. The number of hydrogen-bond acceptors (Lipinski definition) is 5. The van der Waals surface area contributed by atoms with Crippen molar-refractivity contribution in [3.63, 3.8) is 0 Å². The van der Waals surface area contributed by atoms with Gasteiger partial charge in [0.1, 0.15) is 0 Å². The Morgan fingerprint density at radius 3 is 1.56 bits per heavy atom. The van der Waals surface area contributed by atoms with Crippen LogP contribution in [-0.2, 0) is 0 Å². The maximum absolute atomic E-state index is 9.42. The number of nitriles is 1. The molecule has 0 saturated carbocycles. The highest BCUT2D eigenvalue weighted by atomic mass is 14.9. The molecule has 0 aliphatic carbocycles. The highest BCUT2D eigenvalue weighted by Crippen LogP contribution is 2.39. The maximum atomic E-state index is 9.42. The summed E-state index contributed by atoms with van der Waals surface area (Å²) < 4.78 is 0. The van der Waals surface area contributed by atoms with Crippen LogP contribution in [0.15, 0.2) is 165 Å². The molecular weight excluding hydrogens is 635 g/mol. The molecule has 0 aliphatic heterocycles. The van der Waals surface area contributed by atoms with Crippen LogP contribution in [0, 0.1) is 11.3 Å². The maximum Gasteiger partial charge on any atom is 0.161 e. The number of nitrogens with zero attached hydrogens (tertiary/aromatic N) is 5. The fraction of sp³-hybridized carbons (Fsp3) is 0. The third-order valence-electron chi connectivity index (χ3n) is 9.11. The van der Waals surface area contributed by atoms with E-state index in [0.717, 1.165) is 72.5 Å². The van der Waals surface area contributed by atoms with E-state index in [0.29, 0.717) is 22.8 Å². The molecular formula is C47H31N5. The molecule has 0 amide bonds. The summed E-state index contributed by atoms with van der Waals surface area (Å²) in [5, 5.41) is 11.4. The van der Waals surface area contributed by atoms with Gasteiger partial charge in [0.05, 0.1) is 45.8 Å². The molecule has 8 rings (SSSR count). The van der Waals surface area contributed by atoms with E-state index in [2.05, 4.69) is 86.0 Å². The van der Waals surface area contributed by atoms with E-state index in [4.69, 9.17) is 19.9 Å². The minimum absolute atomic E-state index is 0.620. The number of rotatable bonds is 8. The van der Waals surface area contributed by atoms with Gasteiger partial charge in [-0.1, -0.05) is 141 Å². The average Bonchev–Trinajstić information content (AvgIpc) is 3.23. The smallest absolute Gasteiger partial charge is 0.161 e. The summed E-state index contributed by atoms with van der Waals surface area (Å²) >= 11 is 0. The van der Waals surface area contributed by atoms with E-state index < -0.39 is 0 Å². The van der Waals surface area contributed by atoms with E-state index in [1.807, 2.05) is 84.9 Å². The minimum Gasteiger partial charge on any atom is -0.244 e. The first-order valence-corrected chi connectivity index (χ1v) is 16.9. The third-order valence-corrected chi connectivity index (χ3v) is 9.11. The molecule has 244 valence electrons. The number of aromatic nitrogens is 4. The van der Waals surface area contributed by atoms with Crippen molar-refractivity contribution in [1.29, 1.82) is 5.26 Å². The van der Waals surface area contributed by atoms with E-state index in [1.165, 1.54) is 0 Å². The van der Waals surface area contributed by atoms with Gasteiger partial charge < -0.3 is 0 Å². The van der Waals surface area contributed by atoms with Crippen molar-refractivity contribution in [1.82, 2.24) is 19.9 Å². The zero-order valence-electron chi connectivity index (χ0n) is 28.2. The van der Waals surface area contributed by atoms with Crippen LogP contribution in [0.1, 0.15) is 17.0 Å². The lowest BCUT2D eigenvalue weighted by Crippen LogP contribution is -2.01. The zero-order chi connectivity index (χ0) is 35.4. The van der Waals surface area contributed by atoms with E-state index in [9.17, 15) is 5.26 Å². The van der Waals surface area contributed by atoms with Gasteiger partial charge in [0, 0.05) is 27.8 Å². The van der Waals surface area contributed by atoms with Crippen molar-refractivity contribution in [3.05, 3.63) is 182 Å². The van der Waals surface area contributed by atoms with Gasteiger partial charge in [0.2, 0.25) is 0 Å². The Balaban J connectivity index is 1.31. The van der Waals surface area contributed by atoms with E-state index in [-0.39, 0.29) is 0 Å². The van der Waals surface area contributed by atoms with Gasteiger partial charge in [-0.05, 0) is 58.3 Å². The van der Waals surface area contributed by atoms with Crippen molar-refractivity contribution in [2.24, 2.45) is 0 Å². The number of hydrogen-bond donors (Lipinski definition) is 0. The van der Waals surface area contributed by atoms with Crippen LogP contribution in [0.5, 0.6) is 0 Å². The van der Waals surface area contributed by atoms with Crippen LogP contribution in [0.2, 0.25) is 0 Å². The average molecular weight is 666 g/mol.